The minimum atomic E-state index is -0.617. The second kappa shape index (κ2) is 4.34. The van der Waals surface area contributed by atoms with Crippen molar-refractivity contribution in [3.05, 3.63) is 35.5 Å². The maximum atomic E-state index is 12.0. The number of fused-ring (bicyclic) bond motifs is 1. The molecule has 0 aliphatic carbocycles. The van der Waals surface area contributed by atoms with Crippen LogP contribution < -0.4 is 0 Å². The number of aromatic nitrogens is 1. The number of benzene rings is 1. The molecule has 0 fully saturated rings. The van der Waals surface area contributed by atoms with Crippen LogP contribution in [0.3, 0.4) is 0 Å². The summed E-state index contributed by atoms with van der Waals surface area (Å²) in [5, 5.41) is 9.54. The third-order valence-corrected chi connectivity index (χ3v) is 2.67. The number of H-pyrrole nitrogens is 1. The topological polar surface area (TPSA) is 77.0 Å². The number of aromatic amines is 1. The number of hydrogen-bond donors (Lipinski definition) is 1. The molecule has 0 aliphatic heterocycles. The second-order valence-corrected chi connectivity index (χ2v) is 4.07. The van der Waals surface area contributed by atoms with Gasteiger partial charge in [0.2, 0.25) is 0 Å². The SMILES string of the molecule is CN(C)C(=O)C(=O)c1c[nH]c2cccc(C#N)c12. The van der Waals surface area contributed by atoms with Gasteiger partial charge in [-0.05, 0) is 12.1 Å². The molecule has 2 aromatic rings. The Hall–Kier alpha value is -2.61. The largest absolute Gasteiger partial charge is 0.360 e. The van der Waals surface area contributed by atoms with Crippen molar-refractivity contribution in [3.63, 3.8) is 0 Å². The predicted octanol–water partition coefficient (Wildman–Crippen LogP) is 1.31. The van der Waals surface area contributed by atoms with E-state index in [-0.39, 0.29) is 5.56 Å². The lowest BCUT2D eigenvalue weighted by molar-refractivity contribution is -0.124. The van der Waals surface area contributed by atoms with Gasteiger partial charge in [-0.25, -0.2) is 0 Å². The Morgan fingerprint density at radius 3 is 2.67 bits per heavy atom. The summed E-state index contributed by atoms with van der Waals surface area (Å²) in [4.78, 5) is 27.8. The number of carbonyl (C=O) groups excluding carboxylic acids is 2. The van der Waals surface area contributed by atoms with Gasteiger partial charge in [0, 0.05) is 31.2 Å². The van der Waals surface area contributed by atoms with Crippen molar-refractivity contribution >= 4 is 22.6 Å². The first kappa shape index (κ1) is 11.9. The van der Waals surface area contributed by atoms with Crippen LogP contribution in [0.5, 0.6) is 0 Å². The number of nitrogens with zero attached hydrogens (tertiary/aromatic N) is 2. The highest BCUT2D eigenvalue weighted by Gasteiger charge is 2.22. The van der Waals surface area contributed by atoms with Crippen molar-refractivity contribution in [1.82, 2.24) is 9.88 Å². The molecule has 0 saturated carbocycles. The molecule has 1 N–H and O–H groups in total. The highest BCUT2D eigenvalue weighted by Crippen LogP contribution is 2.22. The monoisotopic (exact) mass is 241 g/mol. The van der Waals surface area contributed by atoms with E-state index in [9.17, 15) is 9.59 Å². The lowest BCUT2D eigenvalue weighted by atomic mass is 10.0. The molecule has 2 rings (SSSR count). The fraction of sp³-hybridized carbons (Fsp3) is 0.154. The molecule has 1 heterocycles. The highest BCUT2D eigenvalue weighted by molar-refractivity contribution is 6.44. The summed E-state index contributed by atoms with van der Waals surface area (Å²) in [6.45, 7) is 0. The number of carbonyl (C=O) groups is 2. The third-order valence-electron chi connectivity index (χ3n) is 2.67. The Morgan fingerprint density at radius 2 is 2.06 bits per heavy atom. The van der Waals surface area contributed by atoms with Gasteiger partial charge in [-0.2, -0.15) is 5.26 Å². The lowest BCUT2D eigenvalue weighted by Gasteiger charge is -2.08. The van der Waals surface area contributed by atoms with Gasteiger partial charge in [0.25, 0.3) is 11.7 Å². The highest BCUT2D eigenvalue weighted by atomic mass is 16.2. The van der Waals surface area contributed by atoms with Gasteiger partial charge < -0.3 is 9.88 Å². The van der Waals surface area contributed by atoms with Crippen LogP contribution in [-0.2, 0) is 4.79 Å². The van der Waals surface area contributed by atoms with E-state index < -0.39 is 11.7 Å². The van der Waals surface area contributed by atoms with Crippen LogP contribution in [0, 0.1) is 11.3 Å². The minimum Gasteiger partial charge on any atom is -0.360 e. The standard InChI is InChI=1S/C13H11N3O2/c1-16(2)13(18)12(17)9-7-15-10-5-3-4-8(6-14)11(9)10/h3-5,7,15H,1-2H3. The van der Waals surface area contributed by atoms with Crippen LogP contribution in [-0.4, -0.2) is 35.7 Å². The maximum absolute atomic E-state index is 12.0. The van der Waals surface area contributed by atoms with Crippen molar-refractivity contribution in [2.75, 3.05) is 14.1 Å². The predicted molar refractivity (Wildman–Crippen MR) is 66.0 cm³/mol. The van der Waals surface area contributed by atoms with Crippen LogP contribution in [0.15, 0.2) is 24.4 Å². The number of nitrogens with one attached hydrogen (secondary N) is 1. The number of likely N-dealkylation sites (N-methyl/N-ethyl adjacent to an activating group) is 1. The van der Waals surface area contributed by atoms with Crippen molar-refractivity contribution in [1.29, 1.82) is 5.26 Å². The maximum Gasteiger partial charge on any atom is 0.294 e. The lowest BCUT2D eigenvalue weighted by Crippen LogP contribution is -2.29. The van der Waals surface area contributed by atoms with Gasteiger partial charge in [-0.3, -0.25) is 9.59 Å². The van der Waals surface area contributed by atoms with Gasteiger partial charge in [0.15, 0.2) is 0 Å². The minimum absolute atomic E-state index is 0.237. The molecule has 1 aromatic carbocycles. The van der Waals surface area contributed by atoms with E-state index >= 15 is 0 Å². The molecule has 0 atom stereocenters. The smallest absolute Gasteiger partial charge is 0.294 e. The van der Waals surface area contributed by atoms with E-state index in [1.54, 1.807) is 18.2 Å². The molecule has 0 radical (unpaired) electrons. The van der Waals surface area contributed by atoms with Gasteiger partial charge in [-0.15, -0.1) is 0 Å². The molecule has 5 nitrogen and oxygen atoms in total. The van der Waals surface area contributed by atoms with Crippen LogP contribution in [0.2, 0.25) is 0 Å². The number of ketones is 1. The van der Waals surface area contributed by atoms with E-state index in [2.05, 4.69) is 4.98 Å². The molecule has 5 heteroatoms. The molecule has 18 heavy (non-hydrogen) atoms. The van der Waals surface area contributed by atoms with Gasteiger partial charge >= 0.3 is 0 Å². The Kier molecular flexibility index (Phi) is 2.86. The summed E-state index contributed by atoms with van der Waals surface area (Å²) in [6, 6.07) is 7.12. The molecule has 90 valence electrons. The first-order valence-corrected chi connectivity index (χ1v) is 5.32. The van der Waals surface area contributed by atoms with Crippen LogP contribution in [0.1, 0.15) is 15.9 Å². The molecular weight excluding hydrogens is 230 g/mol. The quantitative estimate of drug-likeness (QED) is 0.636. The third kappa shape index (κ3) is 1.74. The molecule has 0 spiro atoms. The number of nitriles is 1. The second-order valence-electron chi connectivity index (χ2n) is 4.07. The fourth-order valence-electron chi connectivity index (χ4n) is 1.78. The molecule has 0 aliphatic rings. The zero-order valence-electron chi connectivity index (χ0n) is 10.0. The van der Waals surface area contributed by atoms with Gasteiger partial charge in [-0.1, -0.05) is 6.07 Å². The molecular formula is C13H11N3O2. The molecule has 1 aromatic heterocycles. The first-order valence-electron chi connectivity index (χ1n) is 5.32. The van der Waals surface area contributed by atoms with Crippen molar-refractivity contribution in [3.8, 4) is 6.07 Å². The normalized spacial score (nSPS) is 10.1. The molecule has 0 bridgehead atoms. The van der Waals surface area contributed by atoms with Crippen LogP contribution >= 0.6 is 0 Å². The zero-order chi connectivity index (χ0) is 13.3. The summed E-state index contributed by atoms with van der Waals surface area (Å²) < 4.78 is 0. The number of hydrogen-bond acceptors (Lipinski definition) is 3. The van der Waals surface area contributed by atoms with E-state index in [1.165, 1.54) is 25.2 Å². The Balaban J connectivity index is 2.63. The molecule has 0 saturated heterocycles. The van der Waals surface area contributed by atoms with E-state index in [4.69, 9.17) is 5.26 Å². The number of rotatable bonds is 2. The summed E-state index contributed by atoms with van der Waals surface area (Å²) in [5.74, 6) is -1.22. The van der Waals surface area contributed by atoms with E-state index in [0.717, 1.165) is 0 Å². The average molecular weight is 241 g/mol. The van der Waals surface area contributed by atoms with Crippen molar-refractivity contribution < 1.29 is 9.59 Å². The average Bonchev–Trinajstić information content (AvgIpc) is 2.80. The molecule has 1 amide bonds. The Bertz CT molecular complexity index is 677. The zero-order valence-corrected chi connectivity index (χ0v) is 10.0. The first-order chi connectivity index (χ1) is 8.56. The van der Waals surface area contributed by atoms with Crippen molar-refractivity contribution in [2.24, 2.45) is 0 Å². The van der Waals surface area contributed by atoms with E-state index in [0.29, 0.717) is 16.5 Å². The fourth-order valence-corrected chi connectivity index (χ4v) is 1.78. The molecule has 0 unspecified atom stereocenters. The number of amides is 1. The Morgan fingerprint density at radius 1 is 1.33 bits per heavy atom. The summed E-state index contributed by atoms with van der Waals surface area (Å²) in [7, 11) is 3.03. The van der Waals surface area contributed by atoms with Crippen molar-refractivity contribution in [2.45, 2.75) is 0 Å². The van der Waals surface area contributed by atoms with Crippen LogP contribution in [0.25, 0.3) is 10.9 Å². The van der Waals surface area contributed by atoms with Gasteiger partial charge in [0.1, 0.15) is 0 Å². The summed E-state index contributed by atoms with van der Waals surface area (Å²) in [6.07, 6.45) is 1.47. The summed E-state index contributed by atoms with van der Waals surface area (Å²) in [5.41, 5.74) is 1.29. The number of Topliss-reactive ketones (excluding diaryl/α,β-unsaturated/α-hetero) is 1. The van der Waals surface area contributed by atoms with E-state index in [1.807, 2.05) is 6.07 Å². The van der Waals surface area contributed by atoms with Gasteiger partial charge in [0.05, 0.1) is 17.2 Å². The Labute approximate surface area is 104 Å². The van der Waals surface area contributed by atoms with Crippen LogP contribution in [0.4, 0.5) is 0 Å². The summed E-state index contributed by atoms with van der Waals surface area (Å²) >= 11 is 0.